The lowest BCUT2D eigenvalue weighted by Crippen LogP contribution is -2.26. The van der Waals surface area contributed by atoms with Crippen molar-refractivity contribution >= 4 is 40.0 Å². The minimum atomic E-state index is -0.146. The summed E-state index contributed by atoms with van der Waals surface area (Å²) in [6.07, 6.45) is 6.55. The summed E-state index contributed by atoms with van der Waals surface area (Å²) >= 11 is 0. The Kier molecular flexibility index (Phi) is 9.27. The van der Waals surface area contributed by atoms with Crippen LogP contribution in [0.2, 0.25) is 0 Å². The average molecular weight is 816 g/mol. The molecule has 12 rings (SSSR count). The highest BCUT2D eigenvalue weighted by molar-refractivity contribution is 6.12. The third-order valence-electron chi connectivity index (χ3n) is 13.7. The van der Waals surface area contributed by atoms with E-state index < -0.39 is 0 Å². The Morgan fingerprint density at radius 3 is 1.44 bits per heavy atom. The predicted molar refractivity (Wildman–Crippen MR) is 270 cm³/mol. The zero-order chi connectivity index (χ0) is 42.5. The van der Waals surface area contributed by atoms with Crippen LogP contribution in [0.1, 0.15) is 33.4 Å². The Bertz CT molecular complexity index is 3280. The van der Waals surface area contributed by atoms with Gasteiger partial charge in [0.25, 0.3) is 0 Å². The second-order valence-electron chi connectivity index (χ2n) is 17.3. The summed E-state index contributed by atoms with van der Waals surface area (Å²) in [5, 5.41) is 2.54. The summed E-state index contributed by atoms with van der Waals surface area (Å²) < 4.78 is 0. The van der Waals surface area contributed by atoms with Crippen LogP contribution in [0.5, 0.6) is 0 Å². The lowest BCUT2D eigenvalue weighted by Gasteiger charge is -2.30. The minimum absolute atomic E-state index is 0.146. The number of benzene rings is 10. The first-order chi connectivity index (χ1) is 31.7. The molecule has 0 radical (unpaired) electrons. The van der Waals surface area contributed by atoms with Crippen LogP contribution in [0.25, 0.3) is 67.4 Å². The maximum Gasteiger partial charge on any atom is 0.0465 e. The fourth-order valence-electron chi connectivity index (χ4n) is 10.7. The van der Waals surface area contributed by atoms with E-state index >= 15 is 0 Å². The largest absolute Gasteiger partial charge is 0.310 e. The number of anilines is 3. The molecular weight excluding hydrogens is 771 g/mol. The fraction of sp³-hybridized carbons (Fsp3) is 0.0476. The van der Waals surface area contributed by atoms with Gasteiger partial charge < -0.3 is 4.90 Å². The molecule has 1 heteroatoms. The average Bonchev–Trinajstić information content (AvgIpc) is 3.89. The number of fused-ring (bicyclic) bond motifs is 7. The first kappa shape index (κ1) is 37.7. The van der Waals surface area contributed by atoms with Crippen molar-refractivity contribution in [3.8, 4) is 44.5 Å². The van der Waals surface area contributed by atoms with Gasteiger partial charge in [-0.15, -0.1) is 0 Å². The predicted octanol–water partition coefficient (Wildman–Crippen LogP) is 16.5. The molecule has 302 valence electrons. The van der Waals surface area contributed by atoms with Crippen molar-refractivity contribution < 1.29 is 0 Å². The Hall–Kier alpha value is -8.00. The van der Waals surface area contributed by atoms with E-state index in [9.17, 15) is 0 Å². The summed E-state index contributed by atoms with van der Waals surface area (Å²) in [5.74, 6) is 0. The number of rotatable bonds is 8. The molecule has 0 aromatic heterocycles. The van der Waals surface area contributed by atoms with E-state index in [0.717, 1.165) is 24.2 Å². The van der Waals surface area contributed by atoms with E-state index in [1.165, 1.54) is 94.3 Å². The first-order valence-electron chi connectivity index (χ1n) is 22.4. The van der Waals surface area contributed by atoms with E-state index in [1.54, 1.807) is 0 Å². The fourth-order valence-corrected chi connectivity index (χ4v) is 10.7. The van der Waals surface area contributed by atoms with Crippen LogP contribution in [0, 0.1) is 0 Å². The molecule has 10 aromatic rings. The summed E-state index contributed by atoms with van der Waals surface area (Å²) in [5.41, 5.74) is 21.6. The third-order valence-corrected chi connectivity index (χ3v) is 13.7. The monoisotopic (exact) mass is 815 g/mol. The minimum Gasteiger partial charge on any atom is -0.310 e. The van der Waals surface area contributed by atoms with Gasteiger partial charge >= 0.3 is 0 Å². The summed E-state index contributed by atoms with van der Waals surface area (Å²) in [7, 11) is 0. The van der Waals surface area contributed by atoms with Crippen molar-refractivity contribution in [2.75, 3.05) is 4.90 Å². The summed E-state index contributed by atoms with van der Waals surface area (Å²) in [4.78, 5) is 2.39. The molecule has 0 saturated heterocycles. The van der Waals surface area contributed by atoms with E-state index in [0.29, 0.717) is 0 Å². The zero-order valence-electron chi connectivity index (χ0n) is 35.5. The Balaban J connectivity index is 0.905. The Labute approximate surface area is 375 Å². The third kappa shape index (κ3) is 6.48. The van der Waals surface area contributed by atoms with E-state index in [-0.39, 0.29) is 5.41 Å². The van der Waals surface area contributed by atoms with Gasteiger partial charge in [-0.25, -0.2) is 0 Å². The molecule has 0 atom stereocenters. The number of nitrogens with zero attached hydrogens (tertiary/aromatic N) is 1. The molecular formula is C63H45N. The SMILES string of the molecule is C(=C\c1ccc2c(c1)C1(Cc3ccccc3C1)c1cc(N(c3ccccc3)c3ccccc3)ccc1-2)/c1ccc(-c2cccc3c(-c4ccccc4)ccc(-c4ccccc4)c23)cc1. The summed E-state index contributed by atoms with van der Waals surface area (Å²) in [6, 6.07) is 86.9. The molecule has 1 nitrogen and oxygen atoms in total. The van der Waals surface area contributed by atoms with Gasteiger partial charge in [-0.2, -0.15) is 0 Å². The second-order valence-corrected chi connectivity index (χ2v) is 17.3. The molecule has 0 bridgehead atoms. The van der Waals surface area contributed by atoms with Crippen molar-refractivity contribution in [1.29, 1.82) is 0 Å². The van der Waals surface area contributed by atoms with Gasteiger partial charge in [0.15, 0.2) is 0 Å². The quantitative estimate of drug-likeness (QED) is 0.138. The van der Waals surface area contributed by atoms with Gasteiger partial charge in [0.05, 0.1) is 0 Å². The van der Waals surface area contributed by atoms with Crippen molar-refractivity contribution in [1.82, 2.24) is 0 Å². The van der Waals surface area contributed by atoms with Gasteiger partial charge in [0, 0.05) is 22.5 Å². The van der Waals surface area contributed by atoms with Crippen LogP contribution in [-0.4, -0.2) is 0 Å². The lowest BCUT2D eigenvalue weighted by molar-refractivity contribution is 0.563. The molecule has 0 amide bonds. The lowest BCUT2D eigenvalue weighted by atomic mass is 9.75. The van der Waals surface area contributed by atoms with Crippen molar-refractivity contribution in [3.05, 3.63) is 270 Å². The smallest absolute Gasteiger partial charge is 0.0465 e. The van der Waals surface area contributed by atoms with Gasteiger partial charge in [-0.3, -0.25) is 0 Å². The molecule has 0 unspecified atom stereocenters. The van der Waals surface area contributed by atoms with Gasteiger partial charge in [0.2, 0.25) is 0 Å². The van der Waals surface area contributed by atoms with Crippen LogP contribution in [-0.2, 0) is 18.3 Å². The van der Waals surface area contributed by atoms with Gasteiger partial charge in [-0.05, 0) is 138 Å². The topological polar surface area (TPSA) is 3.24 Å². The zero-order valence-corrected chi connectivity index (χ0v) is 35.5. The highest BCUT2D eigenvalue weighted by Crippen LogP contribution is 2.57. The normalized spacial score (nSPS) is 13.2. The van der Waals surface area contributed by atoms with Crippen molar-refractivity contribution in [3.63, 3.8) is 0 Å². The number of para-hydroxylation sites is 2. The Morgan fingerprint density at radius 2 is 0.797 bits per heavy atom. The molecule has 0 heterocycles. The standard InChI is InChI=1S/C63H45N/c1-5-16-46(17-6-1)54-38-39-56(47-18-7-2-8-19-47)62-55(26-15-27-59(54)62)48-33-30-44(31-34-48)28-29-45-32-36-57-58-37-35-53(64(51-22-9-3-10-23-51)52-24-11-4-12-25-52)41-61(58)63(60(57)40-45)42-49-20-13-14-21-50(49)43-63/h1-41H,42-43H2/b29-28+. The molecule has 0 N–H and O–H groups in total. The number of hydrogen-bond acceptors (Lipinski definition) is 1. The second kappa shape index (κ2) is 15.7. The van der Waals surface area contributed by atoms with Crippen LogP contribution in [0.3, 0.4) is 0 Å². The van der Waals surface area contributed by atoms with Crippen LogP contribution in [0.15, 0.2) is 237 Å². The maximum atomic E-state index is 2.49. The number of hydrogen-bond donors (Lipinski definition) is 0. The molecule has 1 spiro atoms. The molecule has 0 saturated carbocycles. The summed E-state index contributed by atoms with van der Waals surface area (Å²) in [6.45, 7) is 0. The maximum absolute atomic E-state index is 2.49. The molecule has 0 fully saturated rings. The van der Waals surface area contributed by atoms with Gasteiger partial charge in [0.1, 0.15) is 0 Å². The molecule has 10 aromatic carbocycles. The molecule has 2 aliphatic carbocycles. The van der Waals surface area contributed by atoms with Crippen molar-refractivity contribution in [2.24, 2.45) is 0 Å². The van der Waals surface area contributed by atoms with E-state index in [4.69, 9.17) is 0 Å². The Morgan fingerprint density at radius 1 is 0.328 bits per heavy atom. The van der Waals surface area contributed by atoms with E-state index in [1.807, 2.05) is 0 Å². The van der Waals surface area contributed by atoms with Crippen LogP contribution >= 0.6 is 0 Å². The van der Waals surface area contributed by atoms with Crippen LogP contribution < -0.4 is 4.90 Å². The highest BCUT2D eigenvalue weighted by Gasteiger charge is 2.47. The first-order valence-corrected chi connectivity index (χ1v) is 22.4. The molecule has 64 heavy (non-hydrogen) atoms. The van der Waals surface area contributed by atoms with Crippen molar-refractivity contribution in [2.45, 2.75) is 18.3 Å². The highest BCUT2D eigenvalue weighted by atomic mass is 15.1. The molecule has 2 aliphatic rings. The molecule has 0 aliphatic heterocycles. The van der Waals surface area contributed by atoms with Gasteiger partial charge in [-0.1, -0.05) is 212 Å². The van der Waals surface area contributed by atoms with Crippen LogP contribution in [0.4, 0.5) is 17.1 Å². The van der Waals surface area contributed by atoms with E-state index in [2.05, 4.69) is 254 Å².